The number of rotatable bonds is 15. The average Bonchev–Trinajstić information content (AvgIpc) is 2.37. The van der Waals surface area contributed by atoms with Crippen LogP contribution in [-0.2, 0) is 20.2 Å². The van der Waals surface area contributed by atoms with Gasteiger partial charge in [-0.2, -0.15) is 16.8 Å². The van der Waals surface area contributed by atoms with Crippen LogP contribution in [0.5, 0.6) is 0 Å². The van der Waals surface area contributed by atoms with Gasteiger partial charge in [0.1, 0.15) is 11.5 Å². The van der Waals surface area contributed by atoms with Crippen molar-refractivity contribution in [3.05, 3.63) is 0 Å². The molecule has 2 unspecified atom stereocenters. The van der Waals surface area contributed by atoms with E-state index in [1.807, 2.05) is 0 Å². The van der Waals surface area contributed by atoms with Gasteiger partial charge in [0.25, 0.3) is 20.2 Å². The molecule has 0 radical (unpaired) electrons. The van der Waals surface area contributed by atoms with Crippen LogP contribution in [0, 0.1) is 0 Å². The Morgan fingerprint density at radius 1 is 0.760 bits per heavy atom. The first-order chi connectivity index (χ1) is 11.4. The van der Waals surface area contributed by atoms with Crippen molar-refractivity contribution >= 4 is 20.2 Å². The molecule has 11 heteroatoms. The molecule has 0 saturated heterocycles. The Balaban J connectivity index is 4.53. The molecule has 0 spiro atoms. The summed E-state index contributed by atoms with van der Waals surface area (Å²) in [7, 11) is -8.67. The highest BCUT2D eigenvalue weighted by molar-refractivity contribution is 7.86. The summed E-state index contributed by atoms with van der Waals surface area (Å²) in [6.45, 7) is 2.25. The predicted molar refractivity (Wildman–Crippen MR) is 94.7 cm³/mol. The summed E-state index contributed by atoms with van der Waals surface area (Å²) in [6, 6.07) is 0. The zero-order chi connectivity index (χ0) is 19.5. The van der Waals surface area contributed by atoms with Gasteiger partial charge < -0.3 is 10.2 Å². The van der Waals surface area contributed by atoms with Crippen LogP contribution in [-0.4, -0.2) is 84.4 Å². The number of aliphatic hydroxyl groups excluding tert-OH is 2. The fourth-order valence-corrected chi connectivity index (χ4v) is 3.74. The summed E-state index contributed by atoms with van der Waals surface area (Å²) in [5, 5.41) is 19.5. The van der Waals surface area contributed by atoms with E-state index in [2.05, 4.69) is 6.92 Å². The molecule has 0 aliphatic heterocycles. The van der Waals surface area contributed by atoms with Crippen molar-refractivity contribution in [1.82, 2.24) is 4.90 Å². The van der Waals surface area contributed by atoms with Crippen molar-refractivity contribution in [2.24, 2.45) is 0 Å². The highest BCUT2D eigenvalue weighted by atomic mass is 32.2. The van der Waals surface area contributed by atoms with E-state index < -0.39 is 43.9 Å². The topological polar surface area (TPSA) is 152 Å². The van der Waals surface area contributed by atoms with E-state index in [4.69, 9.17) is 9.11 Å². The lowest BCUT2D eigenvalue weighted by Crippen LogP contribution is -2.42. The third-order valence-corrected chi connectivity index (χ3v) is 5.18. The first-order valence-electron chi connectivity index (χ1n) is 8.41. The molecule has 0 rings (SSSR count). The van der Waals surface area contributed by atoms with Crippen LogP contribution in [0.3, 0.4) is 0 Å². The largest absolute Gasteiger partial charge is 0.391 e. The Bertz CT molecular complexity index is 507. The molecule has 9 nitrogen and oxygen atoms in total. The normalized spacial score (nSPS) is 15.4. The van der Waals surface area contributed by atoms with Gasteiger partial charge in [0.2, 0.25) is 0 Å². The van der Waals surface area contributed by atoms with E-state index in [1.54, 1.807) is 0 Å². The quantitative estimate of drug-likeness (QED) is 0.220. The maximum absolute atomic E-state index is 10.8. The second-order valence-electron chi connectivity index (χ2n) is 6.33. The number of hydrogen-bond donors (Lipinski definition) is 4. The molecule has 0 aromatic rings. The molecular formula is C14H31NO8S2. The third kappa shape index (κ3) is 16.9. The predicted octanol–water partition coefficient (Wildman–Crippen LogP) is 0.146. The fraction of sp³-hybridized carbons (Fsp3) is 1.00. The van der Waals surface area contributed by atoms with Gasteiger partial charge in [-0.25, -0.2) is 0 Å². The van der Waals surface area contributed by atoms with E-state index in [9.17, 15) is 27.0 Å². The van der Waals surface area contributed by atoms with Crippen molar-refractivity contribution in [1.29, 1.82) is 0 Å². The van der Waals surface area contributed by atoms with Crippen molar-refractivity contribution in [3.63, 3.8) is 0 Å². The second kappa shape index (κ2) is 12.2. The minimum Gasteiger partial charge on any atom is -0.391 e. The minimum atomic E-state index is -4.34. The molecule has 0 heterocycles. The fourth-order valence-electron chi connectivity index (χ4n) is 2.56. The van der Waals surface area contributed by atoms with E-state index in [1.165, 1.54) is 4.90 Å². The molecule has 25 heavy (non-hydrogen) atoms. The zero-order valence-corrected chi connectivity index (χ0v) is 16.3. The maximum Gasteiger partial charge on any atom is 0.267 e. The molecule has 152 valence electrons. The summed E-state index contributed by atoms with van der Waals surface area (Å²) >= 11 is 0. The summed E-state index contributed by atoms with van der Waals surface area (Å²) in [5.74, 6) is -1.68. The SMILES string of the molecule is CCCCCCCCN(CC(O)CS(=O)(=O)O)CC(O)CS(=O)(=O)O. The van der Waals surface area contributed by atoms with Gasteiger partial charge in [-0.3, -0.25) is 14.0 Å². The summed E-state index contributed by atoms with van der Waals surface area (Å²) in [4.78, 5) is 1.53. The number of nitrogens with zero attached hydrogens (tertiary/aromatic N) is 1. The first kappa shape index (κ1) is 24.7. The lowest BCUT2D eigenvalue weighted by Gasteiger charge is -2.26. The summed E-state index contributed by atoms with van der Waals surface area (Å²) < 4.78 is 60.8. The number of hydrogen-bond acceptors (Lipinski definition) is 7. The molecule has 0 saturated carbocycles. The third-order valence-electron chi connectivity index (χ3n) is 3.57. The van der Waals surface area contributed by atoms with Gasteiger partial charge in [0.15, 0.2) is 0 Å². The average molecular weight is 406 g/mol. The Labute approximate surface area is 150 Å². The molecule has 0 aliphatic carbocycles. The zero-order valence-electron chi connectivity index (χ0n) is 14.6. The molecule has 0 fully saturated rings. The molecule has 0 bridgehead atoms. The molecular weight excluding hydrogens is 374 g/mol. The van der Waals surface area contributed by atoms with Crippen molar-refractivity contribution in [3.8, 4) is 0 Å². The van der Waals surface area contributed by atoms with E-state index in [-0.39, 0.29) is 13.1 Å². The lowest BCUT2D eigenvalue weighted by molar-refractivity contribution is 0.0836. The number of unbranched alkanes of at least 4 members (excludes halogenated alkanes) is 5. The molecule has 2 atom stereocenters. The molecule has 4 N–H and O–H groups in total. The van der Waals surface area contributed by atoms with Crippen molar-refractivity contribution in [2.45, 2.75) is 57.7 Å². The summed E-state index contributed by atoms with van der Waals surface area (Å²) in [5.41, 5.74) is 0. The first-order valence-corrected chi connectivity index (χ1v) is 11.6. The van der Waals surface area contributed by atoms with E-state index >= 15 is 0 Å². The Hall–Kier alpha value is -0.300. The molecule has 0 aliphatic rings. The Kier molecular flexibility index (Phi) is 12.0. The second-order valence-corrected chi connectivity index (χ2v) is 9.33. The van der Waals surface area contributed by atoms with Crippen molar-refractivity contribution in [2.75, 3.05) is 31.1 Å². The highest BCUT2D eigenvalue weighted by Crippen LogP contribution is 2.08. The van der Waals surface area contributed by atoms with Crippen LogP contribution in [0.4, 0.5) is 0 Å². The van der Waals surface area contributed by atoms with Crippen LogP contribution in [0.1, 0.15) is 45.4 Å². The number of aliphatic hydroxyl groups is 2. The van der Waals surface area contributed by atoms with E-state index in [0.717, 1.165) is 38.5 Å². The lowest BCUT2D eigenvalue weighted by atomic mass is 10.1. The summed E-state index contributed by atoms with van der Waals surface area (Å²) in [6.07, 6.45) is 3.32. The van der Waals surface area contributed by atoms with Crippen LogP contribution >= 0.6 is 0 Å². The Morgan fingerprint density at radius 2 is 1.16 bits per heavy atom. The highest BCUT2D eigenvalue weighted by Gasteiger charge is 2.22. The van der Waals surface area contributed by atoms with Gasteiger partial charge in [-0.1, -0.05) is 39.0 Å². The molecule has 0 aromatic heterocycles. The Morgan fingerprint density at radius 3 is 1.56 bits per heavy atom. The maximum atomic E-state index is 10.8. The van der Waals surface area contributed by atoms with Gasteiger partial charge in [-0.15, -0.1) is 0 Å². The molecule has 0 amide bonds. The van der Waals surface area contributed by atoms with Crippen LogP contribution in [0.2, 0.25) is 0 Å². The van der Waals surface area contributed by atoms with Crippen LogP contribution in [0.25, 0.3) is 0 Å². The molecule has 0 aromatic carbocycles. The van der Waals surface area contributed by atoms with E-state index in [0.29, 0.717) is 6.54 Å². The standard InChI is InChI=1S/C14H31NO8S2/c1-2-3-4-5-6-7-8-15(9-13(16)11-24(18,19)20)10-14(17)12-25(21,22)23/h13-14,16-17H,2-12H2,1H3,(H,18,19,20)(H,21,22,23). The minimum absolute atomic E-state index is 0.142. The van der Waals surface area contributed by atoms with Crippen LogP contribution < -0.4 is 0 Å². The van der Waals surface area contributed by atoms with Gasteiger partial charge in [0.05, 0.1) is 12.2 Å². The van der Waals surface area contributed by atoms with Gasteiger partial charge in [-0.05, 0) is 13.0 Å². The van der Waals surface area contributed by atoms with Gasteiger partial charge in [0, 0.05) is 13.1 Å². The van der Waals surface area contributed by atoms with Gasteiger partial charge >= 0.3 is 0 Å². The van der Waals surface area contributed by atoms with Crippen LogP contribution in [0.15, 0.2) is 0 Å². The smallest absolute Gasteiger partial charge is 0.267 e. The van der Waals surface area contributed by atoms with Crippen molar-refractivity contribution < 1.29 is 36.2 Å². The monoisotopic (exact) mass is 405 g/mol.